The molecule has 0 aliphatic heterocycles. The van der Waals surface area contributed by atoms with Gasteiger partial charge in [-0.25, -0.2) is 16.8 Å². The number of nitrogens with zero attached hydrogens (tertiary/aromatic N) is 1. The number of carbonyl (C=O) groups is 1. The van der Waals surface area contributed by atoms with Crippen molar-refractivity contribution < 1.29 is 21.6 Å². The van der Waals surface area contributed by atoms with E-state index in [0.29, 0.717) is 11.4 Å². The molecule has 0 aromatic heterocycles. The number of halogens is 2. The second-order valence-corrected chi connectivity index (χ2v) is 13.7. The van der Waals surface area contributed by atoms with E-state index in [9.17, 15) is 21.6 Å². The largest absolute Gasteiger partial charge is 0.325 e. The molecule has 0 fully saturated rings. The number of nitrogens with one attached hydrogen (secondary N) is 2. The van der Waals surface area contributed by atoms with Gasteiger partial charge >= 0.3 is 0 Å². The highest BCUT2D eigenvalue weighted by Gasteiger charge is 2.23. The van der Waals surface area contributed by atoms with E-state index < -0.39 is 32.5 Å². The van der Waals surface area contributed by atoms with Crippen molar-refractivity contribution >= 4 is 66.2 Å². The van der Waals surface area contributed by atoms with Crippen LogP contribution in [0.15, 0.2) is 71.6 Å². The number of anilines is 3. The number of amides is 1. The van der Waals surface area contributed by atoms with Crippen molar-refractivity contribution in [2.75, 3.05) is 27.1 Å². The molecule has 0 aliphatic carbocycles. The highest BCUT2D eigenvalue weighted by atomic mass is 35.5. The van der Waals surface area contributed by atoms with Crippen molar-refractivity contribution in [1.82, 2.24) is 0 Å². The van der Waals surface area contributed by atoms with E-state index in [0.717, 1.165) is 16.1 Å². The predicted octanol–water partition coefficient (Wildman–Crippen LogP) is 5.50. The Balaban J connectivity index is 1.73. The lowest BCUT2D eigenvalue weighted by Crippen LogP contribution is -2.37. The first-order valence-electron chi connectivity index (χ1n) is 11.0. The molecule has 37 heavy (non-hydrogen) atoms. The van der Waals surface area contributed by atoms with Gasteiger partial charge in [-0.05, 0) is 59.5 Å². The molecule has 3 rings (SSSR count). The van der Waals surface area contributed by atoms with Crippen LogP contribution < -0.4 is 14.3 Å². The van der Waals surface area contributed by atoms with Crippen LogP contribution in [0.3, 0.4) is 0 Å². The normalized spacial score (nSPS) is 12.2. The van der Waals surface area contributed by atoms with E-state index in [-0.39, 0.29) is 26.0 Å². The van der Waals surface area contributed by atoms with Gasteiger partial charge in [-0.2, -0.15) is 0 Å². The number of carbonyl (C=O) groups excluding carboxylic acids is 1. The number of benzene rings is 3. The van der Waals surface area contributed by atoms with E-state index in [1.165, 1.54) is 36.4 Å². The maximum absolute atomic E-state index is 12.7. The van der Waals surface area contributed by atoms with Gasteiger partial charge in [0.25, 0.3) is 10.0 Å². The highest BCUT2D eigenvalue weighted by molar-refractivity contribution is 7.92. The Labute approximate surface area is 227 Å². The molecule has 0 spiro atoms. The zero-order chi connectivity index (χ0) is 27.6. The molecule has 3 aromatic rings. The standard InChI is InChI=1S/C25H27Cl2N3O5S2/c1-25(2,3)17-8-12-19(13-9-17)30(36(4,32)33)16-23(31)28-18-10-14-20(15-11-18)37(34,35)29-22-7-5-6-21(26)24(22)27/h5-15,29H,16H2,1-4H3,(H,28,31). The number of hydrogen-bond donors (Lipinski definition) is 2. The summed E-state index contributed by atoms with van der Waals surface area (Å²) in [5, 5.41) is 2.87. The summed E-state index contributed by atoms with van der Waals surface area (Å²) in [4.78, 5) is 12.6. The lowest BCUT2D eigenvalue weighted by atomic mass is 9.87. The van der Waals surface area contributed by atoms with Crippen LogP contribution in [0, 0.1) is 0 Å². The summed E-state index contributed by atoms with van der Waals surface area (Å²) in [7, 11) is -7.73. The summed E-state index contributed by atoms with van der Waals surface area (Å²) >= 11 is 12.0. The van der Waals surface area contributed by atoms with Gasteiger partial charge in [0.15, 0.2) is 0 Å². The molecule has 0 aliphatic rings. The molecule has 2 N–H and O–H groups in total. The van der Waals surface area contributed by atoms with E-state index >= 15 is 0 Å². The minimum atomic E-state index is -3.98. The highest BCUT2D eigenvalue weighted by Crippen LogP contribution is 2.31. The maximum Gasteiger partial charge on any atom is 0.261 e. The fourth-order valence-electron chi connectivity index (χ4n) is 3.36. The Bertz CT molecular complexity index is 1500. The monoisotopic (exact) mass is 583 g/mol. The Morgan fingerprint density at radius 1 is 0.892 bits per heavy atom. The molecule has 0 heterocycles. The fourth-order valence-corrected chi connectivity index (χ4v) is 5.69. The van der Waals surface area contributed by atoms with Crippen molar-refractivity contribution in [3.05, 3.63) is 82.3 Å². The first kappa shape index (κ1) is 28.8. The number of hydrogen-bond acceptors (Lipinski definition) is 5. The van der Waals surface area contributed by atoms with Gasteiger partial charge in [0.05, 0.1) is 32.6 Å². The molecule has 198 valence electrons. The van der Waals surface area contributed by atoms with Crippen LogP contribution in [0.4, 0.5) is 17.1 Å². The van der Waals surface area contributed by atoms with Crippen molar-refractivity contribution in [1.29, 1.82) is 0 Å². The van der Waals surface area contributed by atoms with Gasteiger partial charge in [-0.3, -0.25) is 13.8 Å². The van der Waals surface area contributed by atoms with Crippen LogP contribution in [0.1, 0.15) is 26.3 Å². The Morgan fingerprint density at radius 3 is 2.03 bits per heavy atom. The van der Waals surface area contributed by atoms with Gasteiger partial charge in [0, 0.05) is 5.69 Å². The van der Waals surface area contributed by atoms with Gasteiger partial charge < -0.3 is 5.32 Å². The van der Waals surface area contributed by atoms with E-state index in [1.54, 1.807) is 18.2 Å². The molecular formula is C25H27Cl2N3O5S2. The number of rotatable bonds is 8. The average Bonchev–Trinajstić information content (AvgIpc) is 2.79. The summed E-state index contributed by atoms with van der Waals surface area (Å²) in [6.45, 7) is 5.68. The minimum Gasteiger partial charge on any atom is -0.325 e. The Morgan fingerprint density at radius 2 is 1.49 bits per heavy atom. The minimum absolute atomic E-state index is 0.0695. The first-order valence-corrected chi connectivity index (χ1v) is 15.1. The molecule has 0 saturated carbocycles. The summed E-state index contributed by atoms with van der Waals surface area (Å²) < 4.78 is 53.6. The van der Waals surface area contributed by atoms with Crippen molar-refractivity contribution in [3.8, 4) is 0 Å². The summed E-state index contributed by atoms with van der Waals surface area (Å²) in [5.74, 6) is -0.593. The van der Waals surface area contributed by atoms with E-state index in [2.05, 4.69) is 10.0 Å². The predicted molar refractivity (Wildman–Crippen MR) is 150 cm³/mol. The molecule has 8 nitrogen and oxygen atoms in total. The van der Waals surface area contributed by atoms with Crippen molar-refractivity contribution in [3.63, 3.8) is 0 Å². The second-order valence-electron chi connectivity index (χ2n) is 9.35. The third kappa shape index (κ3) is 7.38. The zero-order valence-electron chi connectivity index (χ0n) is 20.6. The molecule has 0 unspecified atom stereocenters. The molecule has 3 aromatic carbocycles. The van der Waals surface area contributed by atoms with Crippen molar-refractivity contribution in [2.24, 2.45) is 0 Å². The molecule has 1 amide bonds. The molecule has 0 saturated heterocycles. The molecule has 12 heteroatoms. The smallest absolute Gasteiger partial charge is 0.261 e. The van der Waals surface area contributed by atoms with Crippen LogP contribution >= 0.6 is 23.2 Å². The molecule has 0 atom stereocenters. The third-order valence-electron chi connectivity index (χ3n) is 5.35. The van der Waals surface area contributed by atoms with Gasteiger partial charge in [-0.15, -0.1) is 0 Å². The van der Waals surface area contributed by atoms with Gasteiger partial charge in [0.2, 0.25) is 15.9 Å². The van der Waals surface area contributed by atoms with E-state index in [4.69, 9.17) is 23.2 Å². The van der Waals surface area contributed by atoms with Gasteiger partial charge in [-0.1, -0.05) is 62.2 Å². The lowest BCUT2D eigenvalue weighted by Gasteiger charge is -2.24. The van der Waals surface area contributed by atoms with Gasteiger partial charge in [0.1, 0.15) is 6.54 Å². The fraction of sp³-hybridized carbons (Fsp3) is 0.240. The average molecular weight is 585 g/mol. The first-order chi connectivity index (χ1) is 17.1. The van der Waals surface area contributed by atoms with E-state index in [1.807, 2.05) is 32.9 Å². The summed E-state index contributed by atoms with van der Waals surface area (Å²) in [6.07, 6.45) is 1.02. The second kappa shape index (κ2) is 10.9. The van der Waals surface area contributed by atoms with Crippen LogP contribution in [0.2, 0.25) is 10.0 Å². The Kier molecular flexibility index (Phi) is 8.48. The van der Waals surface area contributed by atoms with Crippen molar-refractivity contribution in [2.45, 2.75) is 31.1 Å². The quantitative estimate of drug-likeness (QED) is 0.363. The SMILES string of the molecule is CC(C)(C)c1ccc(N(CC(=O)Nc2ccc(S(=O)(=O)Nc3cccc(Cl)c3Cl)cc2)S(C)(=O)=O)cc1. The topological polar surface area (TPSA) is 113 Å². The van der Waals surface area contributed by atoms with Crippen LogP contribution in [0.25, 0.3) is 0 Å². The molecule has 0 bridgehead atoms. The molecular weight excluding hydrogens is 557 g/mol. The summed E-state index contributed by atoms with van der Waals surface area (Å²) in [5.41, 5.74) is 1.69. The number of sulfonamides is 2. The third-order valence-corrected chi connectivity index (χ3v) is 8.69. The van der Waals surface area contributed by atoms with Crippen LogP contribution in [0.5, 0.6) is 0 Å². The summed E-state index contributed by atoms with van der Waals surface area (Å²) in [6, 6.07) is 16.9. The molecule has 0 radical (unpaired) electrons. The maximum atomic E-state index is 12.7. The van der Waals surface area contributed by atoms with Crippen LogP contribution in [-0.2, 0) is 30.3 Å². The van der Waals surface area contributed by atoms with Crippen LogP contribution in [-0.4, -0.2) is 35.5 Å². The zero-order valence-corrected chi connectivity index (χ0v) is 23.8. The Hall–Kier alpha value is -2.79. The lowest BCUT2D eigenvalue weighted by molar-refractivity contribution is -0.114.